The van der Waals surface area contributed by atoms with Gasteiger partial charge < -0.3 is 10.1 Å². The van der Waals surface area contributed by atoms with Gasteiger partial charge in [0.1, 0.15) is 5.75 Å². The fourth-order valence-electron chi connectivity index (χ4n) is 2.93. The van der Waals surface area contributed by atoms with E-state index in [1.165, 1.54) is 5.56 Å². The molecule has 0 bridgehead atoms. The Morgan fingerprint density at radius 1 is 1.19 bits per heavy atom. The van der Waals surface area contributed by atoms with E-state index in [0.29, 0.717) is 12.0 Å². The third-order valence-corrected chi connectivity index (χ3v) is 4.17. The van der Waals surface area contributed by atoms with Gasteiger partial charge >= 0.3 is 6.61 Å². The highest BCUT2D eigenvalue weighted by molar-refractivity contribution is 5.29. The van der Waals surface area contributed by atoms with Crippen LogP contribution >= 0.6 is 0 Å². The largest absolute Gasteiger partial charge is 0.435 e. The van der Waals surface area contributed by atoms with Crippen LogP contribution in [0.3, 0.4) is 0 Å². The first kappa shape index (κ1) is 16.2. The van der Waals surface area contributed by atoms with Crippen LogP contribution in [-0.4, -0.2) is 37.7 Å². The lowest BCUT2D eigenvalue weighted by Crippen LogP contribution is -2.46. The molecular weight excluding hydrogens is 274 g/mol. The van der Waals surface area contributed by atoms with Gasteiger partial charge in [-0.2, -0.15) is 8.78 Å². The van der Waals surface area contributed by atoms with E-state index in [4.69, 9.17) is 0 Å². The predicted molar refractivity (Wildman–Crippen MR) is 79.7 cm³/mol. The molecule has 1 aliphatic rings. The summed E-state index contributed by atoms with van der Waals surface area (Å²) in [7, 11) is 0. The van der Waals surface area contributed by atoms with Crippen molar-refractivity contribution in [3.63, 3.8) is 0 Å². The van der Waals surface area contributed by atoms with Gasteiger partial charge in [0.2, 0.25) is 0 Å². The SMILES string of the molecule is CCC(C)[C@H](c1ccc(OC(F)F)cc1)N1CCNCC1. The summed E-state index contributed by atoms with van der Waals surface area (Å²) < 4.78 is 28.9. The standard InChI is InChI=1S/C16H24F2N2O/c1-3-12(2)15(20-10-8-19-9-11-20)13-4-6-14(7-5-13)21-16(17)18/h4-7,12,15-16,19H,3,8-11H2,1-2H3/t12?,15-/m1/s1. The molecule has 1 unspecified atom stereocenters. The molecule has 1 heterocycles. The van der Waals surface area contributed by atoms with Crippen LogP contribution in [0.15, 0.2) is 24.3 Å². The molecule has 0 spiro atoms. The molecule has 21 heavy (non-hydrogen) atoms. The van der Waals surface area contributed by atoms with Crippen LogP contribution < -0.4 is 10.1 Å². The molecule has 2 atom stereocenters. The highest BCUT2D eigenvalue weighted by Crippen LogP contribution is 2.32. The maximum absolute atomic E-state index is 12.2. The molecule has 1 aromatic carbocycles. The number of piperazine rings is 1. The summed E-state index contributed by atoms with van der Waals surface area (Å²) in [5.41, 5.74) is 1.17. The summed E-state index contributed by atoms with van der Waals surface area (Å²) in [5.74, 6) is 0.738. The van der Waals surface area contributed by atoms with E-state index < -0.39 is 6.61 Å². The number of hydrogen-bond acceptors (Lipinski definition) is 3. The molecule has 0 radical (unpaired) electrons. The number of nitrogens with zero attached hydrogens (tertiary/aromatic N) is 1. The number of hydrogen-bond donors (Lipinski definition) is 1. The summed E-state index contributed by atoms with van der Waals surface area (Å²) in [6.45, 7) is 5.70. The van der Waals surface area contributed by atoms with Gasteiger partial charge in [-0.1, -0.05) is 32.4 Å². The Balaban J connectivity index is 2.15. The van der Waals surface area contributed by atoms with E-state index in [2.05, 4.69) is 28.8 Å². The molecule has 118 valence electrons. The second kappa shape index (κ2) is 7.71. The van der Waals surface area contributed by atoms with Crippen molar-refractivity contribution >= 4 is 0 Å². The summed E-state index contributed by atoms with van der Waals surface area (Å²) in [6.07, 6.45) is 1.09. The van der Waals surface area contributed by atoms with E-state index in [-0.39, 0.29) is 5.75 Å². The molecular formula is C16H24F2N2O. The van der Waals surface area contributed by atoms with Gasteiger partial charge in [-0.3, -0.25) is 4.90 Å². The van der Waals surface area contributed by atoms with Crippen molar-refractivity contribution in [2.75, 3.05) is 26.2 Å². The number of benzene rings is 1. The Hall–Kier alpha value is -1.20. The van der Waals surface area contributed by atoms with Crippen molar-refractivity contribution in [1.82, 2.24) is 10.2 Å². The summed E-state index contributed by atoms with van der Waals surface area (Å²) >= 11 is 0. The zero-order chi connectivity index (χ0) is 15.2. The summed E-state index contributed by atoms with van der Waals surface area (Å²) in [4.78, 5) is 2.48. The number of halogens is 2. The smallest absolute Gasteiger partial charge is 0.387 e. The first-order chi connectivity index (χ1) is 10.1. The van der Waals surface area contributed by atoms with Crippen molar-refractivity contribution < 1.29 is 13.5 Å². The fourth-order valence-corrected chi connectivity index (χ4v) is 2.93. The fraction of sp³-hybridized carbons (Fsp3) is 0.625. The van der Waals surface area contributed by atoms with Crippen LogP contribution in [-0.2, 0) is 0 Å². The van der Waals surface area contributed by atoms with Crippen molar-refractivity contribution in [2.24, 2.45) is 5.92 Å². The van der Waals surface area contributed by atoms with E-state index >= 15 is 0 Å². The maximum atomic E-state index is 12.2. The average molecular weight is 298 g/mol. The monoisotopic (exact) mass is 298 g/mol. The lowest BCUT2D eigenvalue weighted by Gasteiger charge is -2.38. The minimum absolute atomic E-state index is 0.219. The lowest BCUT2D eigenvalue weighted by atomic mass is 9.90. The average Bonchev–Trinajstić information content (AvgIpc) is 2.49. The first-order valence-corrected chi connectivity index (χ1v) is 7.61. The maximum Gasteiger partial charge on any atom is 0.387 e. The quantitative estimate of drug-likeness (QED) is 0.872. The minimum atomic E-state index is -2.77. The Labute approximate surface area is 125 Å². The van der Waals surface area contributed by atoms with E-state index in [1.807, 2.05) is 12.1 Å². The van der Waals surface area contributed by atoms with E-state index in [1.54, 1.807) is 12.1 Å². The van der Waals surface area contributed by atoms with Crippen LogP contribution in [0.1, 0.15) is 31.9 Å². The summed E-state index contributed by atoms with van der Waals surface area (Å²) in [6, 6.07) is 7.43. The number of rotatable bonds is 6. The van der Waals surface area contributed by atoms with Crippen LogP contribution in [0.2, 0.25) is 0 Å². The second-order valence-corrected chi connectivity index (χ2v) is 5.56. The topological polar surface area (TPSA) is 24.5 Å². The summed E-state index contributed by atoms with van der Waals surface area (Å²) in [5, 5.41) is 3.36. The molecule has 0 aliphatic carbocycles. The number of nitrogens with one attached hydrogen (secondary N) is 1. The second-order valence-electron chi connectivity index (χ2n) is 5.56. The molecule has 0 saturated carbocycles. The Morgan fingerprint density at radius 2 is 1.81 bits per heavy atom. The van der Waals surface area contributed by atoms with Gasteiger partial charge in [0.15, 0.2) is 0 Å². The van der Waals surface area contributed by atoms with Crippen LogP contribution in [0, 0.1) is 5.92 Å². The van der Waals surface area contributed by atoms with Crippen molar-refractivity contribution in [1.29, 1.82) is 0 Å². The third-order valence-electron chi connectivity index (χ3n) is 4.17. The molecule has 2 rings (SSSR count). The molecule has 1 aromatic rings. The number of ether oxygens (including phenoxy) is 1. The number of alkyl halides is 2. The van der Waals surface area contributed by atoms with Crippen LogP contribution in [0.4, 0.5) is 8.78 Å². The van der Waals surface area contributed by atoms with Gasteiger partial charge in [0.05, 0.1) is 0 Å². The highest BCUT2D eigenvalue weighted by atomic mass is 19.3. The molecule has 0 aromatic heterocycles. The predicted octanol–water partition coefficient (Wildman–Crippen LogP) is 3.28. The zero-order valence-electron chi connectivity index (χ0n) is 12.7. The first-order valence-electron chi connectivity index (χ1n) is 7.61. The third kappa shape index (κ3) is 4.38. The molecule has 5 heteroatoms. The minimum Gasteiger partial charge on any atom is -0.435 e. The zero-order valence-corrected chi connectivity index (χ0v) is 12.7. The van der Waals surface area contributed by atoms with Gasteiger partial charge in [-0.15, -0.1) is 0 Å². The van der Waals surface area contributed by atoms with E-state index in [9.17, 15) is 8.78 Å². The van der Waals surface area contributed by atoms with E-state index in [0.717, 1.165) is 32.6 Å². The molecule has 0 amide bonds. The molecule has 1 fully saturated rings. The molecule has 1 saturated heterocycles. The lowest BCUT2D eigenvalue weighted by molar-refractivity contribution is -0.0498. The molecule has 1 aliphatic heterocycles. The molecule has 1 N–H and O–H groups in total. The van der Waals surface area contributed by atoms with Gasteiger partial charge in [-0.05, 0) is 23.6 Å². The highest BCUT2D eigenvalue weighted by Gasteiger charge is 2.26. The molecule has 3 nitrogen and oxygen atoms in total. The Kier molecular flexibility index (Phi) is 5.94. The van der Waals surface area contributed by atoms with Gasteiger partial charge in [0, 0.05) is 32.2 Å². The Bertz CT molecular complexity index is 419. The normalized spacial score (nSPS) is 19.5. The Morgan fingerprint density at radius 3 is 2.33 bits per heavy atom. The van der Waals surface area contributed by atoms with Gasteiger partial charge in [-0.25, -0.2) is 0 Å². The van der Waals surface area contributed by atoms with Crippen molar-refractivity contribution in [3.8, 4) is 5.75 Å². The van der Waals surface area contributed by atoms with Crippen molar-refractivity contribution in [2.45, 2.75) is 32.9 Å². The van der Waals surface area contributed by atoms with Gasteiger partial charge in [0.25, 0.3) is 0 Å². The van der Waals surface area contributed by atoms with Crippen LogP contribution in [0.5, 0.6) is 5.75 Å². The van der Waals surface area contributed by atoms with Crippen molar-refractivity contribution in [3.05, 3.63) is 29.8 Å². The van der Waals surface area contributed by atoms with Crippen LogP contribution in [0.25, 0.3) is 0 Å².